The molecule has 1 aliphatic carbocycles. The summed E-state index contributed by atoms with van der Waals surface area (Å²) in [6.07, 6.45) is 3.54. The van der Waals surface area contributed by atoms with E-state index in [0.717, 1.165) is 42.6 Å². The van der Waals surface area contributed by atoms with E-state index in [2.05, 4.69) is 21.8 Å². The molecule has 2 fully saturated rings. The number of benzene rings is 1. The summed E-state index contributed by atoms with van der Waals surface area (Å²) in [5, 5.41) is 20.1. The molecule has 3 heterocycles. The molecule has 1 amide bonds. The second-order valence-electron chi connectivity index (χ2n) is 8.34. The number of morpholine rings is 1. The molecule has 2 unspecified atom stereocenters. The van der Waals surface area contributed by atoms with Crippen LogP contribution in [0.3, 0.4) is 0 Å². The van der Waals surface area contributed by atoms with Crippen LogP contribution in [0.5, 0.6) is 5.75 Å². The lowest BCUT2D eigenvalue weighted by molar-refractivity contribution is -0.117. The van der Waals surface area contributed by atoms with Crippen LogP contribution in [0.1, 0.15) is 25.3 Å². The molecule has 0 bridgehead atoms. The van der Waals surface area contributed by atoms with Crippen LogP contribution < -0.4 is 15.4 Å². The number of nitrogens with zero attached hydrogens (tertiary/aromatic N) is 3. The van der Waals surface area contributed by atoms with Gasteiger partial charge in [-0.25, -0.2) is 4.52 Å². The number of pyridine rings is 1. The predicted molar refractivity (Wildman–Crippen MR) is 119 cm³/mol. The van der Waals surface area contributed by atoms with Crippen LogP contribution in [-0.2, 0) is 9.53 Å². The normalized spacial score (nSPS) is 19.3. The zero-order chi connectivity index (χ0) is 22.1. The summed E-state index contributed by atoms with van der Waals surface area (Å²) in [6, 6.07) is 13.4. The van der Waals surface area contributed by atoms with E-state index in [-0.39, 0.29) is 24.0 Å². The Hall–Kier alpha value is -3.41. The molecule has 5 rings (SSSR count). The third-order valence-electron chi connectivity index (χ3n) is 5.88. The summed E-state index contributed by atoms with van der Waals surface area (Å²) in [5.41, 5.74) is 3.13. The van der Waals surface area contributed by atoms with Crippen LogP contribution in [0.15, 0.2) is 42.6 Å². The smallest absolute Gasteiger partial charge is 0.228 e. The molecule has 1 aliphatic heterocycles. The third-order valence-corrected chi connectivity index (χ3v) is 5.88. The van der Waals surface area contributed by atoms with Gasteiger partial charge in [-0.15, -0.1) is 0 Å². The summed E-state index contributed by atoms with van der Waals surface area (Å²) in [4.78, 5) is 12.1. The number of fused-ring (bicyclic) bond motifs is 1. The number of carbonyl (C=O) groups is 1. The van der Waals surface area contributed by atoms with Gasteiger partial charge in [0.15, 0.2) is 5.82 Å². The fraction of sp³-hybridized carbons (Fsp3) is 0.375. The number of aromatic nitrogens is 2. The fourth-order valence-electron chi connectivity index (χ4n) is 3.89. The van der Waals surface area contributed by atoms with Crippen molar-refractivity contribution in [1.82, 2.24) is 14.9 Å². The second-order valence-corrected chi connectivity index (χ2v) is 8.34. The summed E-state index contributed by atoms with van der Waals surface area (Å²) < 4.78 is 13.8. The molecule has 164 valence electrons. The number of anilines is 1. The monoisotopic (exact) mass is 431 g/mol. The molecule has 1 aromatic carbocycles. The topological polar surface area (TPSA) is 101 Å². The molecule has 2 aliphatic rings. The van der Waals surface area contributed by atoms with Crippen molar-refractivity contribution in [3.05, 3.63) is 48.2 Å². The lowest BCUT2D eigenvalue weighted by Crippen LogP contribution is -2.46. The molecule has 3 aromatic rings. The highest BCUT2D eigenvalue weighted by Gasteiger charge is 2.30. The summed E-state index contributed by atoms with van der Waals surface area (Å²) >= 11 is 0. The van der Waals surface area contributed by atoms with E-state index in [1.54, 1.807) is 10.6 Å². The van der Waals surface area contributed by atoms with Gasteiger partial charge in [0.2, 0.25) is 5.91 Å². The summed E-state index contributed by atoms with van der Waals surface area (Å²) in [7, 11) is 0. The first-order valence-electron chi connectivity index (χ1n) is 10.9. The maximum absolute atomic E-state index is 12.1. The zero-order valence-electron chi connectivity index (χ0n) is 17.9. The maximum atomic E-state index is 12.1. The second kappa shape index (κ2) is 8.61. The van der Waals surface area contributed by atoms with Gasteiger partial charge in [0, 0.05) is 36.8 Å². The Morgan fingerprint density at radius 1 is 1.34 bits per heavy atom. The SMILES string of the molecule is CC(Oc1ccc(C#N)cc1-c1ccn2nc(NC(=O)C3CC3)cc2c1)C1CNCCO1. The fourth-order valence-corrected chi connectivity index (χ4v) is 3.89. The first-order valence-corrected chi connectivity index (χ1v) is 10.9. The van der Waals surface area contributed by atoms with E-state index < -0.39 is 0 Å². The minimum absolute atomic E-state index is 0.0273. The lowest BCUT2D eigenvalue weighted by Gasteiger charge is -2.29. The van der Waals surface area contributed by atoms with Crippen LogP contribution in [0.25, 0.3) is 16.6 Å². The Morgan fingerprint density at radius 2 is 2.22 bits per heavy atom. The molecular weight excluding hydrogens is 406 g/mol. The highest BCUT2D eigenvalue weighted by molar-refractivity contribution is 5.93. The molecule has 2 aromatic heterocycles. The molecule has 8 nitrogen and oxygen atoms in total. The van der Waals surface area contributed by atoms with Crippen LogP contribution in [-0.4, -0.2) is 47.4 Å². The predicted octanol–water partition coefficient (Wildman–Crippen LogP) is 2.98. The first kappa shape index (κ1) is 20.5. The number of hydrogen-bond acceptors (Lipinski definition) is 6. The van der Waals surface area contributed by atoms with Gasteiger partial charge >= 0.3 is 0 Å². The minimum Gasteiger partial charge on any atom is -0.487 e. The number of nitriles is 1. The standard InChI is InChI=1S/C24H25N5O3/c1-15(22-14-26-7-9-31-22)32-21-5-2-16(13-25)10-20(21)18-6-8-29-19(11-18)12-23(28-29)27-24(30)17-3-4-17/h2,5-6,8,10-12,15,17,22,26H,3-4,7,9,14H2,1H3,(H,27,28,30). The average molecular weight is 431 g/mol. The van der Waals surface area contributed by atoms with Crippen LogP contribution in [0.2, 0.25) is 0 Å². The molecule has 32 heavy (non-hydrogen) atoms. The zero-order valence-corrected chi connectivity index (χ0v) is 17.9. The summed E-state index contributed by atoms with van der Waals surface area (Å²) in [5.74, 6) is 1.38. The maximum Gasteiger partial charge on any atom is 0.228 e. The highest BCUT2D eigenvalue weighted by atomic mass is 16.5. The van der Waals surface area contributed by atoms with E-state index in [1.165, 1.54) is 0 Å². The largest absolute Gasteiger partial charge is 0.487 e. The van der Waals surface area contributed by atoms with Gasteiger partial charge in [0.05, 0.1) is 23.8 Å². The quantitative estimate of drug-likeness (QED) is 0.622. The van der Waals surface area contributed by atoms with Crippen molar-refractivity contribution in [3.8, 4) is 22.9 Å². The van der Waals surface area contributed by atoms with Crippen LogP contribution in [0, 0.1) is 17.2 Å². The Bertz CT molecular complexity index is 1190. The van der Waals surface area contributed by atoms with Crippen molar-refractivity contribution in [2.24, 2.45) is 5.92 Å². The number of amides is 1. The van der Waals surface area contributed by atoms with E-state index in [0.29, 0.717) is 23.7 Å². The van der Waals surface area contributed by atoms with Gasteiger partial charge in [-0.2, -0.15) is 10.4 Å². The Balaban J connectivity index is 1.44. The van der Waals surface area contributed by atoms with Crippen molar-refractivity contribution in [1.29, 1.82) is 5.26 Å². The van der Waals surface area contributed by atoms with Crippen molar-refractivity contribution in [2.45, 2.75) is 32.0 Å². The molecular formula is C24H25N5O3. The van der Waals surface area contributed by atoms with Crippen molar-refractivity contribution < 1.29 is 14.3 Å². The molecule has 0 radical (unpaired) electrons. The van der Waals surface area contributed by atoms with Gasteiger partial charge in [0.25, 0.3) is 0 Å². The van der Waals surface area contributed by atoms with Crippen LogP contribution in [0.4, 0.5) is 5.82 Å². The van der Waals surface area contributed by atoms with Gasteiger partial charge in [-0.05, 0) is 55.7 Å². The van der Waals surface area contributed by atoms with Crippen molar-refractivity contribution in [2.75, 3.05) is 25.0 Å². The number of ether oxygens (including phenoxy) is 2. The Labute approximate surface area is 186 Å². The van der Waals surface area contributed by atoms with Crippen LogP contribution >= 0.6 is 0 Å². The minimum atomic E-state index is -0.155. The molecule has 2 atom stereocenters. The Morgan fingerprint density at radius 3 is 2.97 bits per heavy atom. The highest BCUT2D eigenvalue weighted by Crippen LogP contribution is 2.34. The number of nitrogens with one attached hydrogen (secondary N) is 2. The number of rotatable bonds is 6. The van der Waals surface area contributed by atoms with Crippen molar-refractivity contribution in [3.63, 3.8) is 0 Å². The van der Waals surface area contributed by atoms with Gasteiger partial charge in [-0.1, -0.05) is 0 Å². The third kappa shape index (κ3) is 4.31. The Kier molecular flexibility index (Phi) is 5.52. The van der Waals surface area contributed by atoms with E-state index in [9.17, 15) is 10.1 Å². The van der Waals surface area contributed by atoms with E-state index >= 15 is 0 Å². The van der Waals surface area contributed by atoms with Gasteiger partial charge in [-0.3, -0.25) is 4.79 Å². The lowest BCUT2D eigenvalue weighted by atomic mass is 10.0. The number of carbonyl (C=O) groups excluding carboxylic acids is 1. The van der Waals surface area contributed by atoms with E-state index in [1.807, 2.05) is 43.5 Å². The van der Waals surface area contributed by atoms with Crippen molar-refractivity contribution >= 4 is 17.2 Å². The summed E-state index contributed by atoms with van der Waals surface area (Å²) in [6.45, 7) is 4.24. The first-order chi connectivity index (χ1) is 15.6. The molecule has 0 spiro atoms. The molecule has 2 N–H and O–H groups in total. The van der Waals surface area contributed by atoms with Gasteiger partial charge < -0.3 is 20.1 Å². The molecule has 8 heteroatoms. The van der Waals surface area contributed by atoms with E-state index in [4.69, 9.17) is 9.47 Å². The number of hydrogen-bond donors (Lipinski definition) is 2. The molecule has 1 saturated carbocycles. The van der Waals surface area contributed by atoms with Gasteiger partial charge in [0.1, 0.15) is 18.0 Å². The molecule has 1 saturated heterocycles. The average Bonchev–Trinajstić information content (AvgIpc) is 3.60.